The summed E-state index contributed by atoms with van der Waals surface area (Å²) in [6.07, 6.45) is 14.5. The van der Waals surface area contributed by atoms with Crippen LogP contribution in [-0.2, 0) is 17.6 Å². The van der Waals surface area contributed by atoms with Crippen molar-refractivity contribution in [3.05, 3.63) is 114 Å². The first-order valence-electron chi connectivity index (χ1n) is 13.3. The largest absolute Gasteiger partial charge is 0.380 e. The average Bonchev–Trinajstić information content (AvgIpc) is 3.14. The zero-order valence-corrected chi connectivity index (χ0v) is 22.2. The Balaban J connectivity index is 1.34. The molecule has 2 unspecified atom stereocenters. The van der Waals surface area contributed by atoms with Crippen molar-refractivity contribution in [2.45, 2.75) is 44.8 Å². The first kappa shape index (κ1) is 27.1. The van der Waals surface area contributed by atoms with Gasteiger partial charge < -0.3 is 15.3 Å². The van der Waals surface area contributed by atoms with Crippen LogP contribution in [0.15, 0.2) is 103 Å². The zero-order chi connectivity index (χ0) is 27.0. The molecule has 0 bridgehead atoms. The number of aliphatic hydroxyl groups is 1. The average molecular weight is 511 g/mol. The van der Waals surface area contributed by atoms with E-state index < -0.39 is 5.72 Å². The maximum Gasteiger partial charge on any atom is 0.259 e. The van der Waals surface area contributed by atoms with Crippen LogP contribution in [0.25, 0.3) is 0 Å². The van der Waals surface area contributed by atoms with E-state index in [1.54, 1.807) is 13.0 Å². The normalized spacial score (nSPS) is 21.5. The number of hydrogen-bond acceptors (Lipinski definition) is 5. The fourth-order valence-electron chi connectivity index (χ4n) is 5.19. The van der Waals surface area contributed by atoms with E-state index in [1.807, 2.05) is 41.3 Å². The number of nitrogens with zero attached hydrogens (tertiary/aromatic N) is 2. The first-order chi connectivity index (χ1) is 18.4. The topological polar surface area (TPSA) is 77.0 Å². The molecular formula is C32H38N4O2. The molecule has 0 aromatic heterocycles. The minimum Gasteiger partial charge on any atom is -0.380 e. The van der Waals surface area contributed by atoms with Crippen molar-refractivity contribution < 1.29 is 9.90 Å². The number of amides is 1. The van der Waals surface area contributed by atoms with Gasteiger partial charge in [-0.2, -0.15) is 5.10 Å². The van der Waals surface area contributed by atoms with Crippen LogP contribution in [0.1, 0.15) is 42.9 Å². The van der Waals surface area contributed by atoms with Crippen molar-refractivity contribution >= 4 is 17.3 Å². The van der Waals surface area contributed by atoms with Crippen molar-refractivity contribution in [1.82, 2.24) is 10.7 Å². The molecule has 1 aliphatic heterocycles. The van der Waals surface area contributed by atoms with Crippen molar-refractivity contribution in [3.63, 3.8) is 0 Å². The van der Waals surface area contributed by atoms with E-state index in [4.69, 9.17) is 0 Å². The SMILES string of the molecule is C=CC=CC/C=C/CCN1c2ccccc2/C(=N/NC(=O)CNC(=C)C2CCc3ccccc3C2)C1(C)O. The van der Waals surface area contributed by atoms with Gasteiger partial charge in [0.25, 0.3) is 5.91 Å². The molecule has 3 N–H and O–H groups in total. The molecule has 4 rings (SSSR count). The maximum atomic E-state index is 12.7. The highest BCUT2D eigenvalue weighted by Gasteiger charge is 2.44. The van der Waals surface area contributed by atoms with Crippen LogP contribution in [0.4, 0.5) is 5.69 Å². The Morgan fingerprint density at radius 3 is 2.74 bits per heavy atom. The predicted molar refractivity (Wildman–Crippen MR) is 156 cm³/mol. The molecule has 1 aliphatic carbocycles. The van der Waals surface area contributed by atoms with Gasteiger partial charge in [0.2, 0.25) is 0 Å². The number of nitrogens with one attached hydrogen (secondary N) is 2. The minimum absolute atomic E-state index is 0.0758. The minimum atomic E-state index is -1.35. The molecule has 0 radical (unpaired) electrons. The summed E-state index contributed by atoms with van der Waals surface area (Å²) in [6, 6.07) is 16.3. The molecule has 198 valence electrons. The molecule has 1 heterocycles. The van der Waals surface area contributed by atoms with E-state index in [2.05, 4.69) is 65.4 Å². The fraction of sp³-hybridized carbons (Fsp3) is 0.312. The number of aryl methyl sites for hydroxylation is 1. The van der Waals surface area contributed by atoms with Crippen molar-refractivity contribution in [1.29, 1.82) is 0 Å². The second-order valence-electron chi connectivity index (χ2n) is 9.93. The van der Waals surface area contributed by atoms with Crippen LogP contribution in [-0.4, -0.2) is 35.5 Å². The van der Waals surface area contributed by atoms with E-state index >= 15 is 0 Å². The maximum absolute atomic E-state index is 12.7. The number of para-hydroxylation sites is 1. The molecule has 0 saturated carbocycles. The Bertz CT molecular complexity index is 1260. The van der Waals surface area contributed by atoms with Gasteiger partial charge in [0.1, 0.15) is 5.71 Å². The number of rotatable bonds is 11. The molecular weight excluding hydrogens is 472 g/mol. The molecule has 2 aromatic carbocycles. The second kappa shape index (κ2) is 12.6. The molecule has 1 amide bonds. The van der Waals surface area contributed by atoms with E-state index in [-0.39, 0.29) is 12.5 Å². The van der Waals surface area contributed by atoms with Gasteiger partial charge in [-0.05, 0) is 56.2 Å². The summed E-state index contributed by atoms with van der Waals surface area (Å²) in [6.45, 7) is 10.3. The highest BCUT2D eigenvalue weighted by molar-refractivity contribution is 6.16. The Kier molecular flexibility index (Phi) is 8.98. The highest BCUT2D eigenvalue weighted by Crippen LogP contribution is 2.37. The monoisotopic (exact) mass is 510 g/mol. The van der Waals surface area contributed by atoms with Gasteiger partial charge in [-0.25, -0.2) is 5.43 Å². The summed E-state index contributed by atoms with van der Waals surface area (Å²) in [4.78, 5) is 14.6. The standard InChI is InChI=1S/C32H38N4O2/c1-4-5-6-7-8-9-14-21-36-29-18-13-12-17-28(29)31(32(36,3)38)35-34-30(37)23-33-24(2)26-20-19-25-15-10-11-16-27(25)22-26/h4-6,8-13,15-18,26,33,38H,1-2,7,14,19-23H2,3H3,(H,34,37)/b6-5?,9-8+,35-31-. The van der Waals surface area contributed by atoms with Gasteiger partial charge in [-0.3, -0.25) is 4.79 Å². The Morgan fingerprint density at radius 1 is 1.16 bits per heavy atom. The van der Waals surface area contributed by atoms with Gasteiger partial charge in [0, 0.05) is 29.4 Å². The Labute approximate surface area is 226 Å². The Morgan fingerprint density at radius 2 is 1.92 bits per heavy atom. The van der Waals surface area contributed by atoms with E-state index in [1.165, 1.54) is 11.1 Å². The summed E-state index contributed by atoms with van der Waals surface area (Å²) >= 11 is 0. The van der Waals surface area contributed by atoms with E-state index in [9.17, 15) is 9.90 Å². The molecule has 0 fully saturated rings. The summed E-state index contributed by atoms with van der Waals surface area (Å²) in [5.41, 5.74) is 7.07. The number of carbonyl (C=O) groups excluding carboxylic acids is 1. The molecule has 2 aliphatic rings. The third kappa shape index (κ3) is 6.32. The number of carbonyl (C=O) groups is 1. The van der Waals surface area contributed by atoms with Gasteiger partial charge in [0.15, 0.2) is 5.72 Å². The molecule has 38 heavy (non-hydrogen) atoms. The lowest BCUT2D eigenvalue weighted by Crippen LogP contribution is -2.49. The summed E-state index contributed by atoms with van der Waals surface area (Å²) < 4.78 is 0. The van der Waals surface area contributed by atoms with Crippen LogP contribution >= 0.6 is 0 Å². The third-order valence-corrected chi connectivity index (χ3v) is 7.26. The van der Waals surface area contributed by atoms with Crippen molar-refractivity contribution in [2.75, 3.05) is 18.0 Å². The van der Waals surface area contributed by atoms with E-state index in [0.717, 1.165) is 49.1 Å². The van der Waals surface area contributed by atoms with Crippen LogP contribution in [0.3, 0.4) is 0 Å². The highest BCUT2D eigenvalue weighted by atomic mass is 16.3. The van der Waals surface area contributed by atoms with Crippen LogP contribution in [0, 0.1) is 5.92 Å². The first-order valence-corrected chi connectivity index (χ1v) is 13.3. The number of hydrazone groups is 1. The smallest absolute Gasteiger partial charge is 0.259 e. The van der Waals surface area contributed by atoms with Crippen molar-refractivity contribution in [2.24, 2.45) is 11.0 Å². The molecule has 2 atom stereocenters. The molecule has 0 spiro atoms. The lowest BCUT2D eigenvalue weighted by Gasteiger charge is -2.32. The second-order valence-corrected chi connectivity index (χ2v) is 9.93. The van der Waals surface area contributed by atoms with Crippen LogP contribution in [0.5, 0.6) is 0 Å². The van der Waals surface area contributed by atoms with Gasteiger partial charge in [-0.1, -0.05) is 86.0 Å². The fourth-order valence-corrected chi connectivity index (χ4v) is 5.19. The summed E-state index contributed by atoms with van der Waals surface area (Å²) in [7, 11) is 0. The number of allylic oxidation sites excluding steroid dienone is 5. The number of fused-ring (bicyclic) bond motifs is 2. The number of benzene rings is 2. The lowest BCUT2D eigenvalue weighted by molar-refractivity contribution is -0.120. The molecule has 6 nitrogen and oxygen atoms in total. The Hall–Kier alpha value is -3.90. The van der Waals surface area contributed by atoms with Crippen molar-refractivity contribution in [3.8, 4) is 0 Å². The van der Waals surface area contributed by atoms with Gasteiger partial charge >= 0.3 is 0 Å². The van der Waals surface area contributed by atoms with Gasteiger partial charge in [-0.15, -0.1) is 0 Å². The molecule has 0 saturated heterocycles. The summed E-state index contributed by atoms with van der Waals surface area (Å²) in [5, 5.41) is 19.0. The quantitative estimate of drug-likeness (QED) is 0.225. The van der Waals surface area contributed by atoms with Crippen LogP contribution < -0.4 is 15.6 Å². The number of anilines is 1. The molecule has 2 aromatic rings. The molecule has 6 heteroatoms. The predicted octanol–water partition coefficient (Wildman–Crippen LogP) is 5.02. The number of hydrogen-bond donors (Lipinski definition) is 3. The third-order valence-electron chi connectivity index (χ3n) is 7.26. The van der Waals surface area contributed by atoms with E-state index in [0.29, 0.717) is 18.2 Å². The van der Waals surface area contributed by atoms with Crippen LogP contribution in [0.2, 0.25) is 0 Å². The zero-order valence-electron chi connectivity index (χ0n) is 22.2. The van der Waals surface area contributed by atoms with Gasteiger partial charge in [0.05, 0.1) is 6.54 Å². The lowest BCUT2D eigenvalue weighted by atomic mass is 9.82. The summed E-state index contributed by atoms with van der Waals surface area (Å²) in [5.74, 6) is 0.0178.